The molecule has 1 fully saturated rings. The minimum absolute atomic E-state index is 0.145. The Balaban J connectivity index is 0.000000162. The summed E-state index contributed by atoms with van der Waals surface area (Å²) in [7, 11) is 0. The minimum atomic E-state index is -0.145. The van der Waals surface area contributed by atoms with E-state index in [0.29, 0.717) is 11.9 Å². The number of anilines is 2. The number of guanidine groups is 1. The molecule has 0 aliphatic carbocycles. The monoisotopic (exact) mass is 613 g/mol. The van der Waals surface area contributed by atoms with Gasteiger partial charge in [-0.3, -0.25) is 5.32 Å². The summed E-state index contributed by atoms with van der Waals surface area (Å²) in [6, 6.07) is 20.9. The van der Waals surface area contributed by atoms with Crippen LogP contribution in [0, 0.1) is 27.7 Å². The molecule has 5 aromatic rings. The third-order valence-electron chi connectivity index (χ3n) is 8.43. The number of aromatic nitrogens is 4. The zero-order chi connectivity index (χ0) is 32.4. The van der Waals surface area contributed by atoms with Crippen LogP contribution < -0.4 is 15.5 Å². The maximum atomic E-state index is 4.91. The molecule has 9 heteroatoms. The Kier molecular flexibility index (Phi) is 8.77. The molecule has 9 nitrogen and oxygen atoms in total. The van der Waals surface area contributed by atoms with Crippen LogP contribution >= 0.6 is 0 Å². The molecule has 2 aromatic heterocycles. The minimum Gasteiger partial charge on any atom is -0.353 e. The molecule has 2 aliphatic heterocycles. The van der Waals surface area contributed by atoms with Crippen LogP contribution in [-0.2, 0) is 0 Å². The van der Waals surface area contributed by atoms with Crippen molar-refractivity contribution in [2.45, 2.75) is 60.4 Å². The number of nitrogens with zero attached hydrogens (tertiary/aromatic N) is 7. The van der Waals surface area contributed by atoms with Gasteiger partial charge < -0.3 is 10.2 Å². The number of benzene rings is 3. The Morgan fingerprint density at radius 3 is 2.22 bits per heavy atom. The number of piperazine rings is 1. The number of para-hydroxylation sites is 1. The molecule has 0 atom stereocenters. The van der Waals surface area contributed by atoms with Crippen molar-refractivity contribution in [1.29, 1.82) is 0 Å². The molecule has 7 rings (SSSR count). The number of aryl methyl sites for hydroxylation is 4. The predicted molar refractivity (Wildman–Crippen MR) is 191 cm³/mol. The third kappa shape index (κ3) is 7.05. The van der Waals surface area contributed by atoms with Gasteiger partial charge in [0.1, 0.15) is 5.82 Å². The van der Waals surface area contributed by atoms with Gasteiger partial charge in [-0.2, -0.15) is 0 Å². The summed E-state index contributed by atoms with van der Waals surface area (Å²) in [4.78, 5) is 30.4. The van der Waals surface area contributed by atoms with E-state index in [2.05, 4.69) is 125 Å². The lowest BCUT2D eigenvalue weighted by molar-refractivity contribution is 0.538. The van der Waals surface area contributed by atoms with Gasteiger partial charge in [0.05, 0.1) is 22.3 Å². The van der Waals surface area contributed by atoms with Gasteiger partial charge in [-0.25, -0.2) is 29.9 Å². The topological polar surface area (TPSA) is 104 Å². The first-order valence-electron chi connectivity index (χ1n) is 16.0. The van der Waals surface area contributed by atoms with Crippen LogP contribution in [0.25, 0.3) is 33.2 Å². The zero-order valence-electron chi connectivity index (χ0n) is 27.9. The van der Waals surface area contributed by atoms with Crippen molar-refractivity contribution in [2.75, 3.05) is 36.4 Å². The zero-order valence-corrected chi connectivity index (χ0v) is 27.9. The van der Waals surface area contributed by atoms with Crippen molar-refractivity contribution in [3.05, 3.63) is 83.0 Å². The van der Waals surface area contributed by atoms with E-state index in [0.717, 1.165) is 83.0 Å². The van der Waals surface area contributed by atoms with Crippen LogP contribution in [0.4, 0.5) is 11.8 Å². The molecule has 0 saturated carbocycles. The Hall–Kier alpha value is -4.76. The first kappa shape index (κ1) is 31.2. The number of aliphatic imine (C=N–C) groups is 2. The van der Waals surface area contributed by atoms with E-state index < -0.39 is 0 Å². The molecular weight excluding hydrogens is 570 g/mol. The van der Waals surface area contributed by atoms with E-state index >= 15 is 0 Å². The highest BCUT2D eigenvalue weighted by Crippen LogP contribution is 2.28. The Bertz CT molecular complexity index is 1950. The Labute approximate surface area is 271 Å². The molecule has 0 spiro atoms. The van der Waals surface area contributed by atoms with Crippen molar-refractivity contribution >= 4 is 45.2 Å². The normalized spacial score (nSPS) is 16.0. The highest BCUT2D eigenvalue weighted by atomic mass is 15.2. The van der Waals surface area contributed by atoms with E-state index in [4.69, 9.17) is 9.97 Å². The molecule has 2 aliphatic rings. The standard InChI is InChI=1S/C19H20N4.C18H23N5/c1-14-6-8-15(9-7-14)18-21-17-5-3-2-4-16(17)19(22-18)23-12-10-20-11-13-23;1-10-7-14-13(4)20-16(21-15(14)8-11(10)2)22-17-19-12(3)9-18(5,6)23-17/h2-9,20H,10-13H2,1H3;7-8H,9H2,1-6H3,(H,20,21,22,23). The summed E-state index contributed by atoms with van der Waals surface area (Å²) >= 11 is 0. The molecule has 0 amide bonds. The van der Waals surface area contributed by atoms with Crippen molar-refractivity contribution < 1.29 is 0 Å². The van der Waals surface area contributed by atoms with Gasteiger partial charge in [0.2, 0.25) is 11.9 Å². The maximum Gasteiger partial charge on any atom is 0.230 e. The molecule has 2 N–H and O–H groups in total. The molecule has 0 bridgehead atoms. The highest BCUT2D eigenvalue weighted by Gasteiger charge is 2.23. The van der Waals surface area contributed by atoms with Crippen LogP contribution in [0.2, 0.25) is 0 Å². The summed E-state index contributed by atoms with van der Waals surface area (Å²) in [5.41, 5.74) is 8.62. The van der Waals surface area contributed by atoms with Gasteiger partial charge >= 0.3 is 0 Å². The first-order valence-corrected chi connectivity index (χ1v) is 16.0. The van der Waals surface area contributed by atoms with Gasteiger partial charge in [-0.05, 0) is 83.9 Å². The predicted octanol–water partition coefficient (Wildman–Crippen LogP) is 6.98. The van der Waals surface area contributed by atoms with E-state index in [1.807, 2.05) is 19.9 Å². The second-order valence-electron chi connectivity index (χ2n) is 13.0. The van der Waals surface area contributed by atoms with E-state index in [-0.39, 0.29) is 5.54 Å². The molecule has 236 valence electrons. The smallest absolute Gasteiger partial charge is 0.230 e. The second-order valence-corrected chi connectivity index (χ2v) is 13.0. The average Bonchev–Trinajstić information content (AvgIpc) is 3.02. The van der Waals surface area contributed by atoms with E-state index in [1.165, 1.54) is 16.7 Å². The van der Waals surface area contributed by atoms with Crippen LogP contribution in [0.5, 0.6) is 0 Å². The van der Waals surface area contributed by atoms with Gasteiger partial charge in [0.15, 0.2) is 5.82 Å². The van der Waals surface area contributed by atoms with Crippen molar-refractivity contribution in [3.63, 3.8) is 0 Å². The quantitative estimate of drug-likeness (QED) is 0.226. The summed E-state index contributed by atoms with van der Waals surface area (Å²) < 4.78 is 0. The lowest BCUT2D eigenvalue weighted by Gasteiger charge is -2.29. The lowest BCUT2D eigenvalue weighted by atomic mass is 9.98. The number of hydrogen-bond donors (Lipinski definition) is 2. The van der Waals surface area contributed by atoms with Crippen molar-refractivity contribution in [1.82, 2.24) is 25.3 Å². The Morgan fingerprint density at radius 2 is 1.48 bits per heavy atom. The molecule has 4 heterocycles. The molecule has 0 unspecified atom stereocenters. The van der Waals surface area contributed by atoms with Crippen LogP contribution in [0.15, 0.2) is 70.6 Å². The summed E-state index contributed by atoms with van der Waals surface area (Å²) in [5, 5.41) is 8.79. The van der Waals surface area contributed by atoms with Gasteiger partial charge in [-0.1, -0.05) is 42.0 Å². The second kappa shape index (κ2) is 12.9. The van der Waals surface area contributed by atoms with E-state index in [1.54, 1.807) is 0 Å². The maximum absolute atomic E-state index is 4.91. The van der Waals surface area contributed by atoms with Crippen LogP contribution in [-0.4, -0.2) is 63.3 Å². The molecule has 0 radical (unpaired) electrons. The number of fused-ring (bicyclic) bond motifs is 2. The van der Waals surface area contributed by atoms with Crippen molar-refractivity contribution in [3.8, 4) is 11.4 Å². The SMILES string of the molecule is CC1=NC(Nc2nc(C)c3cc(C)c(C)cc3n2)=NC(C)(C)C1.Cc1ccc(-c2nc(N3CCNCC3)c3ccccc3n2)cc1. The van der Waals surface area contributed by atoms with E-state index in [9.17, 15) is 0 Å². The first-order chi connectivity index (χ1) is 22.0. The Morgan fingerprint density at radius 1 is 0.761 bits per heavy atom. The van der Waals surface area contributed by atoms with Gasteiger partial charge in [-0.15, -0.1) is 0 Å². The molecule has 3 aromatic carbocycles. The highest BCUT2D eigenvalue weighted by molar-refractivity contribution is 6.04. The van der Waals surface area contributed by atoms with Gasteiger partial charge in [0, 0.05) is 54.6 Å². The largest absolute Gasteiger partial charge is 0.353 e. The fourth-order valence-corrected chi connectivity index (χ4v) is 5.96. The number of hydrogen-bond acceptors (Lipinski definition) is 9. The summed E-state index contributed by atoms with van der Waals surface area (Å²) in [6.45, 7) is 18.5. The molecule has 1 saturated heterocycles. The molecule has 46 heavy (non-hydrogen) atoms. The number of rotatable bonds is 3. The van der Waals surface area contributed by atoms with Crippen LogP contribution in [0.3, 0.4) is 0 Å². The lowest BCUT2D eigenvalue weighted by Crippen LogP contribution is -2.44. The average molecular weight is 614 g/mol. The fraction of sp³-hybridized carbons (Fsp3) is 0.351. The fourth-order valence-electron chi connectivity index (χ4n) is 5.96. The molecular formula is C37H43N9. The number of nitrogens with one attached hydrogen (secondary N) is 2. The van der Waals surface area contributed by atoms with Gasteiger partial charge in [0.25, 0.3) is 0 Å². The summed E-state index contributed by atoms with van der Waals surface area (Å²) in [5.74, 6) is 2.98. The third-order valence-corrected chi connectivity index (χ3v) is 8.43. The summed E-state index contributed by atoms with van der Waals surface area (Å²) in [6.07, 6.45) is 0.869. The van der Waals surface area contributed by atoms with Crippen molar-refractivity contribution in [2.24, 2.45) is 9.98 Å². The van der Waals surface area contributed by atoms with Crippen LogP contribution in [0.1, 0.15) is 49.6 Å².